The molecule has 1 amide bonds. The number of carbonyl (C=O) groups is 2. The van der Waals surface area contributed by atoms with Crippen molar-refractivity contribution in [3.63, 3.8) is 0 Å². The quantitative estimate of drug-likeness (QED) is 0.568. The van der Waals surface area contributed by atoms with Gasteiger partial charge in [-0.05, 0) is 33.1 Å². The number of hydrogen-bond donors (Lipinski definition) is 1. The zero-order valence-corrected chi connectivity index (χ0v) is 9.59. The van der Waals surface area contributed by atoms with Crippen molar-refractivity contribution in [1.29, 1.82) is 0 Å². The average molecular weight is 211 g/mol. The van der Waals surface area contributed by atoms with E-state index in [0.717, 1.165) is 0 Å². The van der Waals surface area contributed by atoms with Gasteiger partial charge in [0.1, 0.15) is 11.6 Å². The molecular formula is C11H17NO3. The van der Waals surface area contributed by atoms with Gasteiger partial charge < -0.3 is 10.1 Å². The van der Waals surface area contributed by atoms with Gasteiger partial charge in [0, 0.05) is 0 Å². The van der Waals surface area contributed by atoms with Gasteiger partial charge in [0.05, 0.1) is 0 Å². The predicted molar refractivity (Wildman–Crippen MR) is 57.3 cm³/mol. The Bertz CT molecular complexity index is 283. The van der Waals surface area contributed by atoms with Gasteiger partial charge in [-0.15, -0.1) is 6.42 Å². The van der Waals surface area contributed by atoms with E-state index >= 15 is 0 Å². The van der Waals surface area contributed by atoms with Crippen molar-refractivity contribution in [2.45, 2.75) is 45.8 Å². The fourth-order valence-corrected chi connectivity index (χ4v) is 0.903. The highest BCUT2D eigenvalue weighted by Crippen LogP contribution is 2.07. The molecule has 0 aliphatic carbocycles. The molecule has 4 nitrogen and oxygen atoms in total. The number of terminal acetylenes is 1. The summed E-state index contributed by atoms with van der Waals surface area (Å²) >= 11 is 0. The number of amides is 1. The van der Waals surface area contributed by atoms with Gasteiger partial charge in [0.25, 0.3) is 0 Å². The Hall–Kier alpha value is -1.50. The van der Waals surface area contributed by atoms with Crippen molar-refractivity contribution in [2.75, 3.05) is 0 Å². The molecule has 0 saturated heterocycles. The van der Waals surface area contributed by atoms with Gasteiger partial charge >= 0.3 is 6.09 Å². The Kier molecular flexibility index (Phi) is 4.86. The maximum atomic E-state index is 11.3. The van der Waals surface area contributed by atoms with Crippen LogP contribution >= 0.6 is 0 Å². The Morgan fingerprint density at radius 3 is 2.33 bits per heavy atom. The average Bonchev–Trinajstić information content (AvgIpc) is 2.10. The van der Waals surface area contributed by atoms with E-state index in [1.54, 1.807) is 27.7 Å². The van der Waals surface area contributed by atoms with E-state index in [9.17, 15) is 9.59 Å². The summed E-state index contributed by atoms with van der Waals surface area (Å²) < 4.78 is 4.99. The van der Waals surface area contributed by atoms with Gasteiger partial charge in [-0.2, -0.15) is 0 Å². The molecule has 0 aromatic rings. The molecule has 0 aromatic heterocycles. The van der Waals surface area contributed by atoms with E-state index in [-0.39, 0.29) is 0 Å². The van der Waals surface area contributed by atoms with Crippen molar-refractivity contribution < 1.29 is 14.3 Å². The van der Waals surface area contributed by atoms with Crippen LogP contribution in [0.25, 0.3) is 0 Å². The van der Waals surface area contributed by atoms with Crippen LogP contribution in [0.4, 0.5) is 4.79 Å². The molecule has 0 heterocycles. The summed E-state index contributed by atoms with van der Waals surface area (Å²) in [5.41, 5.74) is -0.582. The van der Waals surface area contributed by atoms with Crippen LogP contribution in [-0.4, -0.2) is 23.5 Å². The summed E-state index contributed by atoms with van der Waals surface area (Å²) in [7, 11) is 0. The maximum Gasteiger partial charge on any atom is 0.408 e. The zero-order valence-electron chi connectivity index (χ0n) is 9.59. The number of rotatable bonds is 3. The predicted octanol–water partition coefficient (Wildman–Crippen LogP) is 1.49. The van der Waals surface area contributed by atoms with Crippen molar-refractivity contribution in [3.05, 3.63) is 0 Å². The number of carbonyl (C=O) groups excluding carboxylic acids is 2. The van der Waals surface area contributed by atoms with Crippen molar-refractivity contribution in [3.8, 4) is 12.3 Å². The molecule has 4 heteroatoms. The minimum absolute atomic E-state index is 0.441. The standard InChI is InChI=1S/C11H17NO3/c1-6-8(9(13)7-2)12-10(14)15-11(3,4)5/h2,8H,6H2,1,3-5H3,(H,12,14)/t8-/m0/s1. The van der Waals surface area contributed by atoms with Crippen LogP contribution in [-0.2, 0) is 9.53 Å². The molecule has 1 atom stereocenters. The molecule has 0 aliphatic heterocycles. The molecular weight excluding hydrogens is 194 g/mol. The Labute approximate surface area is 90.4 Å². The van der Waals surface area contributed by atoms with E-state index in [1.807, 2.05) is 5.92 Å². The van der Waals surface area contributed by atoms with Gasteiger partial charge in [-0.1, -0.05) is 6.92 Å². The topological polar surface area (TPSA) is 55.4 Å². The molecule has 0 unspecified atom stereocenters. The van der Waals surface area contributed by atoms with E-state index in [2.05, 4.69) is 5.32 Å². The van der Waals surface area contributed by atoms with Crippen LogP contribution in [0.3, 0.4) is 0 Å². The van der Waals surface area contributed by atoms with E-state index < -0.39 is 23.5 Å². The third-order valence-electron chi connectivity index (χ3n) is 1.56. The third kappa shape index (κ3) is 5.74. The molecule has 84 valence electrons. The number of alkyl carbamates (subject to hydrolysis) is 1. The first-order chi connectivity index (χ1) is 6.80. The first-order valence-electron chi connectivity index (χ1n) is 4.80. The SMILES string of the molecule is C#CC(=O)[C@H](CC)NC(=O)OC(C)(C)C. The summed E-state index contributed by atoms with van der Waals surface area (Å²) in [6.45, 7) is 7.00. The summed E-state index contributed by atoms with van der Waals surface area (Å²) in [5.74, 6) is 1.53. The van der Waals surface area contributed by atoms with Crippen LogP contribution in [0.5, 0.6) is 0 Å². The molecule has 0 aliphatic rings. The lowest BCUT2D eigenvalue weighted by atomic mass is 10.1. The summed E-state index contributed by atoms with van der Waals surface area (Å²) in [6.07, 6.45) is 4.78. The lowest BCUT2D eigenvalue weighted by Gasteiger charge is -2.21. The first kappa shape index (κ1) is 13.5. The minimum atomic E-state index is -0.662. The fraction of sp³-hybridized carbons (Fsp3) is 0.636. The zero-order chi connectivity index (χ0) is 12.1. The van der Waals surface area contributed by atoms with Crippen molar-refractivity contribution >= 4 is 11.9 Å². The molecule has 0 aromatic carbocycles. The number of Topliss-reactive ketones (excluding diaryl/α,β-unsaturated/α-hetero) is 1. The second-order valence-electron chi connectivity index (χ2n) is 4.12. The number of hydrogen-bond acceptors (Lipinski definition) is 3. The van der Waals surface area contributed by atoms with Crippen molar-refractivity contribution in [2.24, 2.45) is 0 Å². The Balaban J connectivity index is 4.27. The fourth-order valence-electron chi connectivity index (χ4n) is 0.903. The lowest BCUT2D eigenvalue weighted by molar-refractivity contribution is -0.115. The molecule has 15 heavy (non-hydrogen) atoms. The molecule has 0 radical (unpaired) electrons. The van der Waals surface area contributed by atoms with Crippen LogP contribution in [0.15, 0.2) is 0 Å². The monoisotopic (exact) mass is 211 g/mol. The Morgan fingerprint density at radius 2 is 2.00 bits per heavy atom. The van der Waals surface area contributed by atoms with E-state index in [4.69, 9.17) is 11.2 Å². The largest absolute Gasteiger partial charge is 0.444 e. The van der Waals surface area contributed by atoms with Crippen LogP contribution in [0.1, 0.15) is 34.1 Å². The van der Waals surface area contributed by atoms with Gasteiger partial charge in [-0.3, -0.25) is 4.79 Å². The second-order valence-corrected chi connectivity index (χ2v) is 4.12. The van der Waals surface area contributed by atoms with E-state index in [1.165, 1.54) is 0 Å². The molecule has 0 rings (SSSR count). The number of ketones is 1. The van der Waals surface area contributed by atoms with Gasteiger partial charge in [0.15, 0.2) is 0 Å². The highest BCUT2D eigenvalue weighted by molar-refractivity contribution is 6.00. The second kappa shape index (κ2) is 5.40. The number of nitrogens with one attached hydrogen (secondary N) is 1. The molecule has 0 bridgehead atoms. The summed E-state index contributed by atoms with van der Waals surface area (Å²) in [5, 5.41) is 2.42. The highest BCUT2D eigenvalue weighted by Gasteiger charge is 2.21. The summed E-state index contributed by atoms with van der Waals surface area (Å²) in [4.78, 5) is 22.4. The maximum absolute atomic E-state index is 11.3. The van der Waals surface area contributed by atoms with Crippen LogP contribution in [0, 0.1) is 12.3 Å². The molecule has 1 N–H and O–H groups in total. The summed E-state index contributed by atoms with van der Waals surface area (Å²) in [6, 6.07) is -0.662. The number of ether oxygens (including phenoxy) is 1. The molecule has 0 spiro atoms. The smallest absolute Gasteiger partial charge is 0.408 e. The third-order valence-corrected chi connectivity index (χ3v) is 1.56. The highest BCUT2D eigenvalue weighted by atomic mass is 16.6. The van der Waals surface area contributed by atoms with Crippen LogP contribution in [0.2, 0.25) is 0 Å². The van der Waals surface area contributed by atoms with Gasteiger partial charge in [0.2, 0.25) is 5.78 Å². The normalized spacial score (nSPS) is 12.5. The van der Waals surface area contributed by atoms with Crippen molar-refractivity contribution in [1.82, 2.24) is 5.32 Å². The van der Waals surface area contributed by atoms with Gasteiger partial charge in [-0.25, -0.2) is 4.79 Å². The Morgan fingerprint density at radius 1 is 1.47 bits per heavy atom. The van der Waals surface area contributed by atoms with E-state index in [0.29, 0.717) is 6.42 Å². The molecule has 0 fully saturated rings. The molecule has 0 saturated carbocycles. The van der Waals surface area contributed by atoms with Crippen LogP contribution < -0.4 is 5.32 Å². The first-order valence-corrected chi connectivity index (χ1v) is 4.80. The lowest BCUT2D eigenvalue weighted by Crippen LogP contribution is -2.42. The minimum Gasteiger partial charge on any atom is -0.444 e.